The van der Waals surface area contributed by atoms with Crippen LogP contribution in [-0.2, 0) is 0 Å². The second-order valence-corrected chi connectivity index (χ2v) is 1.73. The van der Waals surface area contributed by atoms with E-state index in [1.165, 1.54) is 0 Å². The molecule has 0 atom stereocenters. The van der Waals surface area contributed by atoms with Gasteiger partial charge in [-0.05, 0) is 0 Å². The van der Waals surface area contributed by atoms with Crippen molar-refractivity contribution in [2.75, 3.05) is 0 Å². The third kappa shape index (κ3) is 10.7. The average Bonchev–Trinajstić information content (AvgIpc) is 1.37. The molecule has 0 fully saturated rings. The quantitative estimate of drug-likeness (QED) is 0.223. The molecule has 0 aromatic rings. The number of nitrogens with two attached hydrogens (primary N) is 2. The summed E-state index contributed by atoms with van der Waals surface area (Å²) in [4.78, 5) is 0. The largest absolute Gasteiger partial charge is 1.00 e. The third-order valence-electron chi connectivity index (χ3n) is 0.0556. The fraction of sp³-hybridized carbons (Fsp3) is 0. The minimum atomic E-state index is 0. The van der Waals surface area contributed by atoms with E-state index in [0.29, 0.717) is 0 Å². The predicted octanol–water partition coefficient (Wildman–Crippen LogP) is -2.77. The maximum absolute atomic E-state index is 4.78. The molecule has 0 aliphatic heterocycles. The van der Waals surface area contributed by atoms with E-state index >= 15 is 0 Å². The van der Waals surface area contributed by atoms with Crippen LogP contribution in [0.25, 0.3) is 0 Å². The van der Waals surface area contributed by atoms with Crippen LogP contribution in [0.15, 0.2) is 0 Å². The van der Waals surface area contributed by atoms with Gasteiger partial charge in [-0.1, -0.05) is 0 Å². The Hall–Kier alpha value is 1.62. The number of hydrogen-bond donors (Lipinski definition) is 2. The van der Waals surface area contributed by atoms with Gasteiger partial charge in [0.05, 0.1) is 0 Å². The van der Waals surface area contributed by atoms with Crippen LogP contribution < -0.4 is 39.8 Å². The summed E-state index contributed by atoms with van der Waals surface area (Å²) in [5.41, 5.74) is 0. The van der Waals surface area contributed by atoms with Gasteiger partial charge in [0.2, 0.25) is 0 Å². The Labute approximate surface area is 62.9 Å². The van der Waals surface area contributed by atoms with Gasteiger partial charge < -0.3 is 1.43 Å². The number of rotatable bonds is 1. The molecule has 0 rings (SSSR count). The van der Waals surface area contributed by atoms with Crippen molar-refractivity contribution in [2.45, 2.75) is 0 Å². The van der Waals surface area contributed by atoms with Crippen molar-refractivity contribution in [2.24, 2.45) is 10.3 Å². The van der Waals surface area contributed by atoms with Crippen LogP contribution in [0.1, 0.15) is 1.43 Å². The molecule has 0 aromatic heterocycles. The topological polar surface area (TPSA) is 52.0 Å². The molecule has 0 saturated heterocycles. The summed E-state index contributed by atoms with van der Waals surface area (Å²) in [6.45, 7) is 0. The molecule has 0 radical (unpaired) electrons. The van der Waals surface area contributed by atoms with E-state index in [-0.39, 0.29) is 31.0 Å². The van der Waals surface area contributed by atoms with Gasteiger partial charge in [0, 0.05) is 22.0 Å². The fourth-order valence-electron chi connectivity index (χ4n) is 0. The first-order valence-electron chi connectivity index (χ1n) is 0.638. The molecule has 0 aliphatic carbocycles. The maximum atomic E-state index is 4.78. The molecule has 0 saturated carbocycles. The van der Waals surface area contributed by atoms with Crippen molar-refractivity contribution in [1.82, 2.24) is 0 Å². The monoisotopic (exact) mass is 120 g/mol. The first-order chi connectivity index (χ1) is 1.91. The Kier molecular flexibility index (Phi) is 17.9. The van der Waals surface area contributed by atoms with Gasteiger partial charge in [-0.2, -0.15) is 0 Å². The van der Waals surface area contributed by atoms with Crippen LogP contribution in [0.4, 0.5) is 0 Å². The van der Waals surface area contributed by atoms with Crippen molar-refractivity contribution in [3.8, 4) is 0 Å². The Bertz CT molecular complexity index is 13.5. The number of hydrogen-bond acceptors (Lipinski definition) is 4. The summed E-state index contributed by atoms with van der Waals surface area (Å²) < 4.78 is 0. The molecular weight excluding hydrogens is 115 g/mol. The molecular formula is H5N2NaS2. The molecule has 5 heteroatoms. The summed E-state index contributed by atoms with van der Waals surface area (Å²) >= 11 is 0. The summed E-state index contributed by atoms with van der Waals surface area (Å²) in [6, 6.07) is 0. The van der Waals surface area contributed by atoms with Crippen LogP contribution in [0.3, 0.4) is 0 Å². The van der Waals surface area contributed by atoms with Gasteiger partial charge in [-0.15, -0.1) is 0 Å². The first-order valence-corrected chi connectivity index (χ1v) is 2.91. The van der Waals surface area contributed by atoms with Crippen LogP contribution >= 0.6 is 22.0 Å². The fourth-order valence-corrected chi connectivity index (χ4v) is 0. The van der Waals surface area contributed by atoms with E-state index < -0.39 is 0 Å². The standard InChI is InChI=1S/H4N2S2.Na.H/c1-3-4-2;;/h1-2H2;;/q;+1;-1. The average molecular weight is 120 g/mol. The molecule has 0 aliphatic rings. The molecule has 4 N–H and O–H groups in total. The van der Waals surface area contributed by atoms with Crippen molar-refractivity contribution in [1.29, 1.82) is 0 Å². The third-order valence-corrected chi connectivity index (χ3v) is 0.500. The summed E-state index contributed by atoms with van der Waals surface area (Å²) in [5, 5.41) is 9.56. The Morgan fingerprint density at radius 3 is 1.40 bits per heavy atom. The van der Waals surface area contributed by atoms with E-state index in [1.807, 2.05) is 0 Å². The van der Waals surface area contributed by atoms with Gasteiger partial charge in [0.15, 0.2) is 0 Å². The van der Waals surface area contributed by atoms with Gasteiger partial charge in [0.1, 0.15) is 0 Å². The smallest absolute Gasteiger partial charge is 1.00 e. The van der Waals surface area contributed by atoms with Gasteiger partial charge in [0.25, 0.3) is 0 Å². The SMILES string of the molecule is NSSN.[H-].[Na+]. The van der Waals surface area contributed by atoms with Crippen LogP contribution in [-0.4, -0.2) is 0 Å². The van der Waals surface area contributed by atoms with E-state index in [1.54, 1.807) is 0 Å². The maximum Gasteiger partial charge on any atom is 1.00 e. The van der Waals surface area contributed by atoms with Gasteiger partial charge in [-0.25, -0.2) is 0 Å². The van der Waals surface area contributed by atoms with Crippen LogP contribution in [0.2, 0.25) is 0 Å². The molecule has 28 valence electrons. The Balaban J connectivity index is -0.0000000450. The van der Waals surface area contributed by atoms with Gasteiger partial charge in [-0.3, -0.25) is 10.3 Å². The Morgan fingerprint density at radius 1 is 1.20 bits per heavy atom. The minimum Gasteiger partial charge on any atom is -1.00 e. The van der Waals surface area contributed by atoms with Crippen molar-refractivity contribution >= 4 is 22.0 Å². The van der Waals surface area contributed by atoms with Gasteiger partial charge >= 0.3 is 29.6 Å². The van der Waals surface area contributed by atoms with Crippen molar-refractivity contribution in [3.05, 3.63) is 0 Å². The normalized spacial score (nSPS) is 6.00. The molecule has 0 amide bonds. The minimum absolute atomic E-state index is 0. The summed E-state index contributed by atoms with van der Waals surface area (Å²) in [7, 11) is 2.10. The van der Waals surface area contributed by atoms with Crippen LogP contribution in [0.5, 0.6) is 0 Å². The first kappa shape index (κ1) is 9.80. The molecule has 2 nitrogen and oxygen atoms in total. The molecule has 0 aromatic carbocycles. The molecule has 0 heterocycles. The molecule has 0 unspecified atom stereocenters. The van der Waals surface area contributed by atoms with Crippen molar-refractivity contribution in [3.63, 3.8) is 0 Å². The molecule has 0 bridgehead atoms. The second kappa shape index (κ2) is 9.15. The van der Waals surface area contributed by atoms with E-state index in [2.05, 4.69) is 0 Å². The van der Waals surface area contributed by atoms with Crippen molar-refractivity contribution < 1.29 is 31.0 Å². The van der Waals surface area contributed by atoms with E-state index in [4.69, 9.17) is 10.3 Å². The molecule has 0 spiro atoms. The second-order valence-electron chi connectivity index (χ2n) is 0.192. The zero-order chi connectivity index (χ0) is 3.41. The van der Waals surface area contributed by atoms with Crippen LogP contribution in [0, 0.1) is 0 Å². The summed E-state index contributed by atoms with van der Waals surface area (Å²) in [5.74, 6) is 0. The Morgan fingerprint density at radius 2 is 1.40 bits per heavy atom. The van der Waals surface area contributed by atoms with E-state index in [0.717, 1.165) is 22.0 Å². The zero-order valence-corrected chi connectivity index (χ0v) is 6.60. The predicted molar refractivity (Wildman–Crippen MR) is 24.7 cm³/mol. The molecule has 5 heavy (non-hydrogen) atoms. The summed E-state index contributed by atoms with van der Waals surface area (Å²) in [6.07, 6.45) is 0. The van der Waals surface area contributed by atoms with E-state index in [9.17, 15) is 0 Å². The zero-order valence-electron chi connectivity index (χ0n) is 3.97.